The van der Waals surface area contributed by atoms with Crippen molar-refractivity contribution in [1.82, 2.24) is 5.32 Å². The van der Waals surface area contributed by atoms with Crippen LogP contribution >= 0.6 is 24.0 Å². The molecule has 1 fully saturated rings. The molecule has 0 bridgehead atoms. The Hall–Kier alpha value is -0.640. The van der Waals surface area contributed by atoms with Crippen molar-refractivity contribution >= 4 is 24.0 Å². The Morgan fingerprint density at radius 3 is 2.25 bits per heavy atom. The van der Waals surface area contributed by atoms with Crippen molar-refractivity contribution in [3.63, 3.8) is 0 Å². The molecule has 5 heteroatoms. The second kappa shape index (κ2) is 11.8. The predicted octanol–water partition coefficient (Wildman–Crippen LogP) is 5.76. The Morgan fingerprint density at radius 2 is 1.62 bits per heavy atom. The van der Waals surface area contributed by atoms with E-state index in [0.29, 0.717) is 30.0 Å². The third-order valence-electron chi connectivity index (χ3n) is 4.36. The van der Waals surface area contributed by atoms with Gasteiger partial charge in [0.2, 0.25) is 0 Å². The van der Waals surface area contributed by atoms with Crippen molar-refractivity contribution in [3.8, 4) is 11.5 Å². The fraction of sp³-hybridized carbons (Fsp3) is 0.684. The smallest absolute Gasteiger partial charge is 0.179 e. The minimum atomic E-state index is 0. The lowest BCUT2D eigenvalue weighted by Gasteiger charge is -2.21. The van der Waals surface area contributed by atoms with Crippen LogP contribution in [0.25, 0.3) is 0 Å². The first kappa shape index (κ1) is 21.4. The highest BCUT2D eigenvalue weighted by Gasteiger charge is 2.14. The molecule has 0 saturated heterocycles. The highest BCUT2D eigenvalue weighted by Crippen LogP contribution is 2.36. The second-order valence-corrected chi connectivity index (χ2v) is 6.60. The topological polar surface area (TPSA) is 30.5 Å². The van der Waals surface area contributed by atoms with E-state index in [0.717, 1.165) is 17.9 Å². The van der Waals surface area contributed by atoms with Crippen LogP contribution < -0.4 is 14.8 Å². The van der Waals surface area contributed by atoms with E-state index < -0.39 is 0 Å². The molecule has 0 aromatic heterocycles. The third-order valence-corrected chi connectivity index (χ3v) is 4.64. The lowest BCUT2D eigenvalue weighted by atomic mass is 9.96. The van der Waals surface area contributed by atoms with E-state index in [-0.39, 0.29) is 12.4 Å². The molecule has 0 unspecified atom stereocenters. The number of hydrogen-bond acceptors (Lipinski definition) is 3. The van der Waals surface area contributed by atoms with Gasteiger partial charge in [-0.15, -0.1) is 12.4 Å². The summed E-state index contributed by atoms with van der Waals surface area (Å²) in [5.74, 6) is 1.40. The summed E-state index contributed by atoms with van der Waals surface area (Å²) in [5.41, 5.74) is 1.16. The number of halogens is 2. The lowest BCUT2D eigenvalue weighted by Crippen LogP contribution is -2.29. The molecule has 0 amide bonds. The van der Waals surface area contributed by atoms with Gasteiger partial charge in [-0.1, -0.05) is 43.7 Å². The van der Waals surface area contributed by atoms with E-state index >= 15 is 0 Å². The number of benzene rings is 1. The molecular weight excluding hydrogens is 345 g/mol. The Balaban J connectivity index is 0.00000288. The van der Waals surface area contributed by atoms with Gasteiger partial charge in [-0.25, -0.2) is 0 Å². The highest BCUT2D eigenvalue weighted by atomic mass is 35.5. The quantitative estimate of drug-likeness (QED) is 0.656. The van der Waals surface area contributed by atoms with Gasteiger partial charge in [0, 0.05) is 12.6 Å². The van der Waals surface area contributed by atoms with Crippen LogP contribution in [0.5, 0.6) is 11.5 Å². The maximum absolute atomic E-state index is 6.39. The zero-order chi connectivity index (χ0) is 16.5. The molecule has 1 aliphatic rings. The molecule has 1 saturated carbocycles. The van der Waals surface area contributed by atoms with E-state index in [1.807, 2.05) is 19.9 Å². The number of ether oxygens (including phenoxy) is 2. The fourth-order valence-electron chi connectivity index (χ4n) is 3.19. The summed E-state index contributed by atoms with van der Waals surface area (Å²) >= 11 is 6.39. The van der Waals surface area contributed by atoms with Crippen LogP contribution in [-0.2, 0) is 6.54 Å². The third kappa shape index (κ3) is 6.70. The Kier molecular flexibility index (Phi) is 10.6. The van der Waals surface area contributed by atoms with Gasteiger partial charge in [-0.3, -0.25) is 0 Å². The van der Waals surface area contributed by atoms with Crippen LogP contribution in [0.4, 0.5) is 0 Å². The minimum absolute atomic E-state index is 0. The van der Waals surface area contributed by atoms with Crippen molar-refractivity contribution in [2.45, 2.75) is 71.4 Å². The first-order valence-corrected chi connectivity index (χ1v) is 9.43. The first-order valence-electron chi connectivity index (χ1n) is 9.06. The van der Waals surface area contributed by atoms with E-state index in [2.05, 4.69) is 11.4 Å². The maximum atomic E-state index is 6.39. The molecule has 1 aromatic carbocycles. The summed E-state index contributed by atoms with van der Waals surface area (Å²) in [6.45, 7) is 5.95. The summed E-state index contributed by atoms with van der Waals surface area (Å²) in [5, 5.41) is 4.33. The summed E-state index contributed by atoms with van der Waals surface area (Å²) in [6, 6.07) is 4.66. The van der Waals surface area contributed by atoms with Gasteiger partial charge in [-0.05, 0) is 44.4 Å². The van der Waals surface area contributed by atoms with Crippen LogP contribution in [0.3, 0.4) is 0 Å². The van der Waals surface area contributed by atoms with Crippen molar-refractivity contribution in [1.29, 1.82) is 0 Å². The fourth-order valence-corrected chi connectivity index (χ4v) is 3.48. The molecule has 3 nitrogen and oxygen atoms in total. The monoisotopic (exact) mass is 375 g/mol. The SMILES string of the molecule is CCOc1cc(CNC2CCCCCCC2)cc(Cl)c1OCC.Cl. The molecule has 1 aromatic rings. The lowest BCUT2D eigenvalue weighted by molar-refractivity contribution is 0.287. The molecule has 1 N–H and O–H groups in total. The summed E-state index contributed by atoms with van der Waals surface area (Å²) < 4.78 is 11.3. The molecule has 0 aliphatic heterocycles. The largest absolute Gasteiger partial charge is 0.490 e. The van der Waals surface area contributed by atoms with Crippen LogP contribution in [0.1, 0.15) is 64.4 Å². The molecule has 24 heavy (non-hydrogen) atoms. The van der Waals surface area contributed by atoms with Crippen molar-refractivity contribution < 1.29 is 9.47 Å². The van der Waals surface area contributed by atoms with Crippen molar-refractivity contribution in [2.24, 2.45) is 0 Å². The van der Waals surface area contributed by atoms with Gasteiger partial charge >= 0.3 is 0 Å². The number of rotatable bonds is 7. The van der Waals surface area contributed by atoms with Crippen molar-refractivity contribution in [3.05, 3.63) is 22.7 Å². The first-order chi connectivity index (χ1) is 11.2. The molecule has 0 atom stereocenters. The molecule has 0 heterocycles. The predicted molar refractivity (Wildman–Crippen MR) is 104 cm³/mol. The summed E-state index contributed by atoms with van der Waals surface area (Å²) in [4.78, 5) is 0. The average molecular weight is 376 g/mol. The zero-order valence-corrected chi connectivity index (χ0v) is 16.5. The highest BCUT2D eigenvalue weighted by molar-refractivity contribution is 6.32. The minimum Gasteiger partial charge on any atom is -0.490 e. The van der Waals surface area contributed by atoms with Gasteiger partial charge in [0.05, 0.1) is 18.2 Å². The molecule has 0 spiro atoms. The number of hydrogen-bond donors (Lipinski definition) is 1. The molecule has 0 radical (unpaired) electrons. The molecule has 1 aliphatic carbocycles. The van der Waals surface area contributed by atoms with Gasteiger partial charge < -0.3 is 14.8 Å². The van der Waals surface area contributed by atoms with Crippen LogP contribution in [0.2, 0.25) is 5.02 Å². The summed E-state index contributed by atoms with van der Waals surface area (Å²) in [6.07, 6.45) is 9.39. The van der Waals surface area contributed by atoms with E-state index in [1.165, 1.54) is 44.9 Å². The van der Waals surface area contributed by atoms with Crippen LogP contribution in [0, 0.1) is 0 Å². The van der Waals surface area contributed by atoms with Gasteiger partial charge in [-0.2, -0.15) is 0 Å². The van der Waals surface area contributed by atoms with Gasteiger partial charge in [0.1, 0.15) is 0 Å². The molecule has 2 rings (SSSR count). The summed E-state index contributed by atoms with van der Waals surface area (Å²) in [7, 11) is 0. The number of nitrogens with one attached hydrogen (secondary N) is 1. The molecular formula is C19H31Cl2NO2. The Labute approximate surface area is 157 Å². The van der Waals surface area contributed by atoms with Crippen LogP contribution in [-0.4, -0.2) is 19.3 Å². The van der Waals surface area contributed by atoms with Crippen LogP contribution in [0.15, 0.2) is 12.1 Å². The average Bonchev–Trinajstić information content (AvgIpc) is 2.50. The van der Waals surface area contributed by atoms with E-state index in [9.17, 15) is 0 Å². The maximum Gasteiger partial charge on any atom is 0.179 e. The Bertz CT molecular complexity index is 475. The van der Waals surface area contributed by atoms with E-state index in [4.69, 9.17) is 21.1 Å². The normalized spacial score (nSPS) is 16.0. The van der Waals surface area contributed by atoms with Gasteiger partial charge in [0.15, 0.2) is 11.5 Å². The second-order valence-electron chi connectivity index (χ2n) is 6.19. The molecule has 138 valence electrons. The standard InChI is InChI=1S/C19H30ClNO2.ClH/c1-3-22-18-13-15(12-17(20)19(18)23-4-2)14-21-16-10-8-6-5-7-9-11-16;/h12-13,16,21H,3-11,14H2,1-2H3;1H. The zero-order valence-electron chi connectivity index (χ0n) is 14.9. The van der Waals surface area contributed by atoms with E-state index in [1.54, 1.807) is 0 Å². The Morgan fingerprint density at radius 1 is 1.00 bits per heavy atom. The van der Waals surface area contributed by atoms with Crippen molar-refractivity contribution in [2.75, 3.05) is 13.2 Å². The van der Waals surface area contributed by atoms with Gasteiger partial charge in [0.25, 0.3) is 0 Å².